The van der Waals surface area contributed by atoms with Gasteiger partial charge in [0.25, 0.3) is 0 Å². The third-order valence-electron chi connectivity index (χ3n) is 5.95. The standard InChI is InChI=1S/C25H29N3O3/c1-31-23(30)13-7-8-15-26-22(29)17-28-16-14-20-19-11-5-6-12-21(19)27-24(20)25(28)18-9-3-2-4-10-18/h2-6,9-12,25,27H,7-8,13-17H2,1H3,(H,26,29). The number of nitrogens with one attached hydrogen (secondary N) is 2. The summed E-state index contributed by atoms with van der Waals surface area (Å²) in [5, 5.41) is 4.27. The molecule has 0 saturated heterocycles. The fourth-order valence-electron chi connectivity index (χ4n) is 4.44. The lowest BCUT2D eigenvalue weighted by molar-refractivity contribution is -0.140. The van der Waals surface area contributed by atoms with Crippen LogP contribution in [0.4, 0.5) is 0 Å². The molecule has 1 atom stereocenters. The summed E-state index contributed by atoms with van der Waals surface area (Å²) in [6.07, 6.45) is 2.77. The second-order valence-corrected chi connectivity index (χ2v) is 7.98. The van der Waals surface area contributed by atoms with Crippen molar-refractivity contribution in [2.45, 2.75) is 31.7 Å². The molecule has 0 radical (unpaired) electrons. The molecule has 1 amide bonds. The van der Waals surface area contributed by atoms with E-state index in [9.17, 15) is 9.59 Å². The number of hydrogen-bond donors (Lipinski definition) is 2. The number of rotatable bonds is 8. The molecule has 1 aliphatic rings. The molecule has 162 valence electrons. The van der Waals surface area contributed by atoms with Crippen LogP contribution < -0.4 is 5.32 Å². The van der Waals surface area contributed by atoms with E-state index in [-0.39, 0.29) is 17.9 Å². The number of benzene rings is 2. The molecule has 0 fully saturated rings. The molecule has 2 heterocycles. The molecule has 2 N–H and O–H groups in total. The molecular formula is C25H29N3O3. The number of para-hydroxylation sites is 1. The number of esters is 1. The number of carbonyl (C=O) groups excluding carboxylic acids is 2. The Morgan fingerprint density at radius 1 is 1.10 bits per heavy atom. The monoisotopic (exact) mass is 419 g/mol. The van der Waals surface area contributed by atoms with Gasteiger partial charge < -0.3 is 15.0 Å². The Bertz CT molecular complexity index is 1040. The number of aromatic nitrogens is 1. The summed E-state index contributed by atoms with van der Waals surface area (Å²) in [7, 11) is 1.39. The Kier molecular flexibility index (Phi) is 6.67. The highest BCUT2D eigenvalue weighted by Crippen LogP contribution is 2.38. The quantitative estimate of drug-likeness (QED) is 0.432. The molecule has 6 heteroatoms. The molecular weight excluding hydrogens is 390 g/mol. The molecule has 0 bridgehead atoms. The van der Waals surface area contributed by atoms with Crippen molar-refractivity contribution in [3.63, 3.8) is 0 Å². The number of aromatic amines is 1. The van der Waals surface area contributed by atoms with E-state index in [1.165, 1.54) is 29.3 Å². The van der Waals surface area contributed by atoms with Gasteiger partial charge in [-0.05, 0) is 36.5 Å². The summed E-state index contributed by atoms with van der Waals surface area (Å²) >= 11 is 0. The summed E-state index contributed by atoms with van der Waals surface area (Å²) in [4.78, 5) is 29.7. The van der Waals surface area contributed by atoms with Gasteiger partial charge in [-0.15, -0.1) is 0 Å². The van der Waals surface area contributed by atoms with Crippen LogP contribution in [0.25, 0.3) is 10.9 Å². The zero-order valence-electron chi connectivity index (χ0n) is 17.9. The van der Waals surface area contributed by atoms with Gasteiger partial charge in [-0.2, -0.15) is 0 Å². The van der Waals surface area contributed by atoms with Gasteiger partial charge in [0.15, 0.2) is 0 Å². The number of H-pyrrole nitrogens is 1. The maximum absolute atomic E-state index is 12.7. The van der Waals surface area contributed by atoms with Crippen LogP contribution in [-0.2, 0) is 20.7 Å². The van der Waals surface area contributed by atoms with Crippen LogP contribution in [-0.4, -0.2) is 48.5 Å². The van der Waals surface area contributed by atoms with Gasteiger partial charge >= 0.3 is 5.97 Å². The summed E-state index contributed by atoms with van der Waals surface area (Å²) < 4.78 is 4.65. The minimum Gasteiger partial charge on any atom is -0.469 e. The Labute approximate surface area is 182 Å². The average molecular weight is 420 g/mol. The lowest BCUT2D eigenvalue weighted by Gasteiger charge is -2.35. The van der Waals surface area contributed by atoms with E-state index in [2.05, 4.69) is 50.3 Å². The van der Waals surface area contributed by atoms with Crippen molar-refractivity contribution in [3.05, 3.63) is 71.4 Å². The number of amides is 1. The van der Waals surface area contributed by atoms with Gasteiger partial charge in [0, 0.05) is 36.1 Å². The van der Waals surface area contributed by atoms with Crippen LogP contribution in [0.15, 0.2) is 54.6 Å². The lowest BCUT2D eigenvalue weighted by atomic mass is 9.92. The number of methoxy groups -OCH3 is 1. The number of unbranched alkanes of at least 4 members (excludes halogenated alkanes) is 1. The molecule has 31 heavy (non-hydrogen) atoms. The van der Waals surface area contributed by atoms with Crippen molar-refractivity contribution < 1.29 is 14.3 Å². The van der Waals surface area contributed by atoms with Crippen molar-refractivity contribution in [3.8, 4) is 0 Å². The van der Waals surface area contributed by atoms with Crippen LogP contribution in [0.1, 0.15) is 42.1 Å². The first-order valence-electron chi connectivity index (χ1n) is 10.9. The number of carbonyl (C=O) groups is 2. The first kappa shape index (κ1) is 21.1. The van der Waals surface area contributed by atoms with E-state index in [4.69, 9.17) is 0 Å². The summed E-state index contributed by atoms with van der Waals surface area (Å²) in [6.45, 7) is 1.73. The fraction of sp³-hybridized carbons (Fsp3) is 0.360. The number of nitrogens with zero attached hydrogens (tertiary/aromatic N) is 1. The highest BCUT2D eigenvalue weighted by molar-refractivity contribution is 5.85. The van der Waals surface area contributed by atoms with Crippen molar-refractivity contribution in [2.75, 3.05) is 26.7 Å². The number of hydrogen-bond acceptors (Lipinski definition) is 4. The summed E-state index contributed by atoms with van der Waals surface area (Å²) in [5.74, 6) is -0.196. The minimum absolute atomic E-state index is 0.0126. The number of fused-ring (bicyclic) bond motifs is 3. The maximum Gasteiger partial charge on any atom is 0.305 e. The number of ether oxygens (including phenoxy) is 1. The first-order valence-corrected chi connectivity index (χ1v) is 10.9. The van der Waals surface area contributed by atoms with E-state index >= 15 is 0 Å². The molecule has 0 spiro atoms. The maximum atomic E-state index is 12.7. The molecule has 6 nitrogen and oxygen atoms in total. The van der Waals surface area contributed by atoms with Crippen molar-refractivity contribution >= 4 is 22.8 Å². The van der Waals surface area contributed by atoms with Gasteiger partial charge in [-0.1, -0.05) is 48.5 Å². The third kappa shape index (κ3) is 4.80. The SMILES string of the molecule is COC(=O)CCCCNC(=O)CN1CCc2c([nH]c3ccccc23)C1c1ccccc1. The highest BCUT2D eigenvalue weighted by atomic mass is 16.5. The van der Waals surface area contributed by atoms with Gasteiger partial charge in [-0.25, -0.2) is 0 Å². The van der Waals surface area contributed by atoms with Crippen LogP contribution in [0.2, 0.25) is 0 Å². The van der Waals surface area contributed by atoms with Gasteiger partial charge in [0.05, 0.1) is 19.7 Å². The second kappa shape index (κ2) is 9.79. The van der Waals surface area contributed by atoms with Crippen molar-refractivity contribution in [2.24, 2.45) is 0 Å². The topological polar surface area (TPSA) is 74.4 Å². The zero-order valence-corrected chi connectivity index (χ0v) is 17.9. The van der Waals surface area contributed by atoms with E-state index in [0.29, 0.717) is 25.9 Å². The molecule has 1 aliphatic heterocycles. The summed E-state index contributed by atoms with van der Waals surface area (Å²) in [5.41, 5.74) is 4.86. The van der Waals surface area contributed by atoms with Crippen LogP contribution in [0.5, 0.6) is 0 Å². The van der Waals surface area contributed by atoms with E-state index in [0.717, 1.165) is 24.9 Å². The first-order chi connectivity index (χ1) is 15.2. The highest BCUT2D eigenvalue weighted by Gasteiger charge is 2.32. The van der Waals surface area contributed by atoms with Crippen LogP contribution in [0.3, 0.4) is 0 Å². The normalized spacial score (nSPS) is 16.1. The molecule has 3 aromatic rings. The Morgan fingerprint density at radius 3 is 2.68 bits per heavy atom. The van der Waals surface area contributed by atoms with Gasteiger partial charge in [0.2, 0.25) is 5.91 Å². The fourth-order valence-corrected chi connectivity index (χ4v) is 4.44. The molecule has 1 aromatic heterocycles. The van der Waals surface area contributed by atoms with Crippen LogP contribution >= 0.6 is 0 Å². The van der Waals surface area contributed by atoms with E-state index in [1.807, 2.05) is 24.3 Å². The Balaban J connectivity index is 1.47. The van der Waals surface area contributed by atoms with Gasteiger partial charge in [0.1, 0.15) is 0 Å². The zero-order chi connectivity index (χ0) is 21.6. The van der Waals surface area contributed by atoms with Gasteiger partial charge in [-0.3, -0.25) is 14.5 Å². The largest absolute Gasteiger partial charge is 0.469 e. The lowest BCUT2D eigenvalue weighted by Crippen LogP contribution is -2.43. The third-order valence-corrected chi connectivity index (χ3v) is 5.95. The van der Waals surface area contributed by atoms with Crippen molar-refractivity contribution in [1.29, 1.82) is 0 Å². The Hall–Kier alpha value is -3.12. The summed E-state index contributed by atoms with van der Waals surface area (Å²) in [6, 6.07) is 18.8. The molecule has 2 aromatic carbocycles. The molecule has 0 aliphatic carbocycles. The minimum atomic E-state index is -0.209. The van der Waals surface area contributed by atoms with E-state index in [1.54, 1.807) is 0 Å². The molecule has 1 unspecified atom stereocenters. The second-order valence-electron chi connectivity index (χ2n) is 7.98. The molecule has 4 rings (SSSR count). The Morgan fingerprint density at radius 2 is 1.87 bits per heavy atom. The van der Waals surface area contributed by atoms with Crippen molar-refractivity contribution in [1.82, 2.24) is 15.2 Å². The predicted molar refractivity (Wildman–Crippen MR) is 121 cm³/mol. The van der Waals surface area contributed by atoms with Crippen LogP contribution in [0, 0.1) is 0 Å². The predicted octanol–water partition coefficient (Wildman–Crippen LogP) is 3.57. The molecule has 0 saturated carbocycles. The average Bonchev–Trinajstić information content (AvgIpc) is 3.17. The van der Waals surface area contributed by atoms with E-state index < -0.39 is 0 Å². The smallest absolute Gasteiger partial charge is 0.305 e.